The average molecular weight is 262 g/mol. The minimum Gasteiger partial charge on any atom is -0.486 e. The van der Waals surface area contributed by atoms with Crippen molar-refractivity contribution >= 4 is 5.78 Å². The van der Waals surface area contributed by atoms with Gasteiger partial charge >= 0.3 is 0 Å². The first-order chi connectivity index (χ1) is 9.00. The lowest BCUT2D eigenvalue weighted by atomic mass is 9.80. The van der Waals surface area contributed by atoms with Gasteiger partial charge in [0.05, 0.1) is 0 Å². The number of Topliss-reactive ketones (excluding diaryl/α,β-unsaturated/α-hetero) is 1. The van der Waals surface area contributed by atoms with Crippen LogP contribution in [0.5, 0.6) is 11.5 Å². The third kappa shape index (κ3) is 2.91. The van der Waals surface area contributed by atoms with Crippen molar-refractivity contribution in [3.05, 3.63) is 23.8 Å². The van der Waals surface area contributed by atoms with E-state index >= 15 is 0 Å². The van der Waals surface area contributed by atoms with Crippen LogP contribution in [0.2, 0.25) is 0 Å². The minimum atomic E-state index is 0.0440. The summed E-state index contributed by atoms with van der Waals surface area (Å²) in [7, 11) is 0. The van der Waals surface area contributed by atoms with Crippen LogP contribution in [0.3, 0.4) is 0 Å². The zero-order valence-corrected chi connectivity index (χ0v) is 12.1. The number of ether oxygens (including phenoxy) is 2. The lowest BCUT2D eigenvalue weighted by molar-refractivity contribution is 0.0838. The number of benzene rings is 1. The summed E-state index contributed by atoms with van der Waals surface area (Å²) >= 11 is 0. The van der Waals surface area contributed by atoms with E-state index < -0.39 is 0 Å². The fraction of sp³-hybridized carbons (Fsp3) is 0.562. The van der Waals surface area contributed by atoms with E-state index in [4.69, 9.17) is 9.47 Å². The van der Waals surface area contributed by atoms with Gasteiger partial charge in [-0.3, -0.25) is 4.79 Å². The van der Waals surface area contributed by atoms with Crippen molar-refractivity contribution in [3.63, 3.8) is 0 Å². The van der Waals surface area contributed by atoms with Crippen LogP contribution in [0.25, 0.3) is 0 Å². The van der Waals surface area contributed by atoms with Gasteiger partial charge in [-0.15, -0.1) is 0 Å². The highest BCUT2D eigenvalue weighted by molar-refractivity contribution is 5.98. The summed E-state index contributed by atoms with van der Waals surface area (Å²) in [6.07, 6.45) is 0. The minimum absolute atomic E-state index is 0.0440. The van der Waals surface area contributed by atoms with Gasteiger partial charge in [-0.2, -0.15) is 0 Å². The third-order valence-corrected chi connectivity index (χ3v) is 3.57. The standard InChI is InChI=1S/C16H22O3/c1-10(2)15(11(3)4)16(17)12-5-6-13-14(9-12)19-8-7-18-13/h5-6,9-11,15H,7-8H2,1-4H3. The molecule has 1 aliphatic rings. The summed E-state index contributed by atoms with van der Waals surface area (Å²) in [4.78, 5) is 12.6. The maximum absolute atomic E-state index is 12.6. The van der Waals surface area contributed by atoms with E-state index in [0.717, 1.165) is 11.3 Å². The molecule has 0 unspecified atom stereocenters. The Hall–Kier alpha value is -1.51. The van der Waals surface area contributed by atoms with Crippen molar-refractivity contribution in [2.75, 3.05) is 13.2 Å². The number of hydrogen-bond acceptors (Lipinski definition) is 3. The number of ketones is 1. The van der Waals surface area contributed by atoms with Gasteiger partial charge in [0, 0.05) is 11.5 Å². The smallest absolute Gasteiger partial charge is 0.166 e. The Morgan fingerprint density at radius 1 is 1.00 bits per heavy atom. The topological polar surface area (TPSA) is 35.5 Å². The van der Waals surface area contributed by atoms with Crippen molar-refractivity contribution in [3.8, 4) is 11.5 Å². The van der Waals surface area contributed by atoms with E-state index in [1.54, 1.807) is 0 Å². The molecule has 0 radical (unpaired) electrons. The van der Waals surface area contributed by atoms with Gasteiger partial charge in [0.15, 0.2) is 17.3 Å². The van der Waals surface area contributed by atoms with Gasteiger partial charge in [-0.25, -0.2) is 0 Å². The average Bonchev–Trinajstić information content (AvgIpc) is 2.37. The SMILES string of the molecule is CC(C)C(C(=O)c1ccc2c(c1)OCCO2)C(C)C. The summed E-state index contributed by atoms with van der Waals surface area (Å²) in [6.45, 7) is 9.51. The van der Waals surface area contributed by atoms with Gasteiger partial charge in [-0.1, -0.05) is 27.7 Å². The lowest BCUT2D eigenvalue weighted by Gasteiger charge is -2.24. The summed E-state index contributed by atoms with van der Waals surface area (Å²) in [5.41, 5.74) is 0.719. The largest absolute Gasteiger partial charge is 0.486 e. The molecule has 1 aromatic carbocycles. The molecule has 0 saturated carbocycles. The molecule has 0 saturated heterocycles. The van der Waals surface area contributed by atoms with Crippen LogP contribution < -0.4 is 9.47 Å². The fourth-order valence-electron chi connectivity index (χ4n) is 2.76. The molecule has 104 valence electrons. The number of carbonyl (C=O) groups is 1. The second-order valence-electron chi connectivity index (χ2n) is 5.74. The van der Waals surface area contributed by atoms with Gasteiger partial charge in [0.1, 0.15) is 13.2 Å². The molecule has 19 heavy (non-hydrogen) atoms. The predicted molar refractivity (Wildman–Crippen MR) is 74.9 cm³/mol. The lowest BCUT2D eigenvalue weighted by Crippen LogP contribution is -2.26. The van der Waals surface area contributed by atoms with Crippen LogP contribution in [-0.2, 0) is 0 Å². The molecule has 3 nitrogen and oxygen atoms in total. The van der Waals surface area contributed by atoms with Gasteiger partial charge in [-0.05, 0) is 30.0 Å². The van der Waals surface area contributed by atoms with Crippen LogP contribution in [0.1, 0.15) is 38.1 Å². The summed E-state index contributed by atoms with van der Waals surface area (Å²) < 4.78 is 11.0. The highest BCUT2D eigenvalue weighted by Crippen LogP contribution is 2.33. The quantitative estimate of drug-likeness (QED) is 0.778. The molecule has 2 rings (SSSR count). The van der Waals surface area contributed by atoms with Crippen LogP contribution in [0.15, 0.2) is 18.2 Å². The number of carbonyl (C=O) groups excluding carboxylic acids is 1. The van der Waals surface area contributed by atoms with Gasteiger partial charge in [0.25, 0.3) is 0 Å². The highest BCUT2D eigenvalue weighted by atomic mass is 16.6. The Morgan fingerprint density at radius 3 is 2.16 bits per heavy atom. The molecular weight excluding hydrogens is 240 g/mol. The Bertz CT molecular complexity index is 455. The Morgan fingerprint density at radius 2 is 1.58 bits per heavy atom. The number of rotatable bonds is 4. The molecule has 0 amide bonds. The van der Waals surface area contributed by atoms with Gasteiger partial charge in [0.2, 0.25) is 0 Å². The van der Waals surface area contributed by atoms with Crippen LogP contribution in [0.4, 0.5) is 0 Å². The summed E-state index contributed by atoms with van der Waals surface area (Å²) in [6, 6.07) is 5.49. The second-order valence-corrected chi connectivity index (χ2v) is 5.74. The second kappa shape index (κ2) is 5.64. The Kier molecular flexibility index (Phi) is 4.13. The van der Waals surface area contributed by atoms with Crippen LogP contribution >= 0.6 is 0 Å². The van der Waals surface area contributed by atoms with E-state index in [1.165, 1.54) is 0 Å². The molecule has 1 heterocycles. The van der Waals surface area contributed by atoms with E-state index in [1.807, 2.05) is 18.2 Å². The van der Waals surface area contributed by atoms with E-state index in [2.05, 4.69) is 27.7 Å². The van der Waals surface area contributed by atoms with Crippen LogP contribution in [0, 0.1) is 17.8 Å². The van der Waals surface area contributed by atoms with Crippen molar-refractivity contribution in [1.82, 2.24) is 0 Å². The molecule has 0 fully saturated rings. The maximum atomic E-state index is 12.6. The van der Waals surface area contributed by atoms with E-state index in [9.17, 15) is 4.79 Å². The normalized spacial score (nSPS) is 14.3. The number of fused-ring (bicyclic) bond motifs is 1. The van der Waals surface area contributed by atoms with E-state index in [0.29, 0.717) is 30.8 Å². The zero-order chi connectivity index (χ0) is 14.0. The molecule has 0 bridgehead atoms. The molecule has 0 aliphatic carbocycles. The molecular formula is C16H22O3. The molecule has 0 atom stereocenters. The van der Waals surface area contributed by atoms with Crippen LogP contribution in [-0.4, -0.2) is 19.0 Å². The monoisotopic (exact) mass is 262 g/mol. The van der Waals surface area contributed by atoms with Gasteiger partial charge < -0.3 is 9.47 Å². The molecule has 1 aliphatic heterocycles. The third-order valence-electron chi connectivity index (χ3n) is 3.57. The first kappa shape index (κ1) is 13.9. The molecule has 1 aromatic rings. The molecule has 0 N–H and O–H groups in total. The van der Waals surface area contributed by atoms with Crippen molar-refractivity contribution < 1.29 is 14.3 Å². The summed E-state index contributed by atoms with van der Waals surface area (Å²) in [5.74, 6) is 2.32. The molecule has 3 heteroatoms. The van der Waals surface area contributed by atoms with E-state index in [-0.39, 0.29) is 11.7 Å². The zero-order valence-electron chi connectivity index (χ0n) is 12.1. The fourth-order valence-corrected chi connectivity index (χ4v) is 2.76. The number of hydrogen-bond donors (Lipinski definition) is 0. The van der Waals surface area contributed by atoms with Crippen molar-refractivity contribution in [2.45, 2.75) is 27.7 Å². The molecule has 0 aromatic heterocycles. The first-order valence-electron chi connectivity index (χ1n) is 6.94. The van der Waals surface area contributed by atoms with Crippen molar-refractivity contribution in [2.24, 2.45) is 17.8 Å². The maximum Gasteiger partial charge on any atom is 0.166 e. The Balaban J connectivity index is 2.28. The highest BCUT2D eigenvalue weighted by Gasteiger charge is 2.27. The molecule has 0 spiro atoms. The van der Waals surface area contributed by atoms with Crippen molar-refractivity contribution in [1.29, 1.82) is 0 Å². The predicted octanol–water partition coefficient (Wildman–Crippen LogP) is 3.57. The Labute approximate surface area is 114 Å². The summed E-state index contributed by atoms with van der Waals surface area (Å²) in [5, 5.41) is 0. The first-order valence-corrected chi connectivity index (χ1v) is 6.94.